The number of ketones is 1. The normalized spacial score (nSPS) is 19.0. The molecular weight excluding hydrogens is 384 g/mol. The number of ether oxygens (including phenoxy) is 1. The highest BCUT2D eigenvalue weighted by molar-refractivity contribution is 6.83. The van der Waals surface area contributed by atoms with Crippen LogP contribution in [0.2, 0.25) is 37.8 Å². The molecule has 0 fully saturated rings. The Labute approximate surface area is 173 Å². The summed E-state index contributed by atoms with van der Waals surface area (Å²) in [7, 11) is -2.02. The minimum Gasteiger partial charge on any atom is -0.469 e. The van der Waals surface area contributed by atoms with Gasteiger partial charge in [-0.25, -0.2) is 0 Å². The molecule has 1 rings (SSSR count). The summed E-state index contributed by atoms with van der Waals surface area (Å²) in [6.07, 6.45) is 7.52. The minimum absolute atomic E-state index is 0.0781. The Morgan fingerprint density at radius 2 is 1.82 bits per heavy atom. The van der Waals surface area contributed by atoms with Crippen LogP contribution in [0.5, 0.6) is 0 Å². The number of esters is 1. The molecule has 1 aliphatic rings. The number of unbranched alkanes of at least 4 members (excludes halogenated alkanes) is 1. The summed E-state index contributed by atoms with van der Waals surface area (Å²) in [4.78, 5) is 23.9. The highest BCUT2D eigenvalue weighted by atomic mass is 28.4. The summed E-state index contributed by atoms with van der Waals surface area (Å²) >= 11 is 0. The van der Waals surface area contributed by atoms with E-state index in [2.05, 4.69) is 65.7 Å². The highest BCUT2D eigenvalue weighted by Crippen LogP contribution is 2.39. The van der Waals surface area contributed by atoms with Crippen LogP contribution in [-0.2, 0) is 18.8 Å². The molecule has 6 heteroatoms. The molecule has 0 saturated heterocycles. The van der Waals surface area contributed by atoms with E-state index in [9.17, 15) is 9.59 Å². The van der Waals surface area contributed by atoms with Gasteiger partial charge < -0.3 is 9.16 Å². The largest absolute Gasteiger partial charge is 0.469 e. The average molecular weight is 425 g/mol. The van der Waals surface area contributed by atoms with Gasteiger partial charge in [-0.1, -0.05) is 51.7 Å². The van der Waals surface area contributed by atoms with Crippen molar-refractivity contribution >= 4 is 28.1 Å². The SMILES string of the molecule is COC(=O)CCCC=C(CC1=CC(O[Si](C)(C)C(C)(C)C)CC1=O)[Si](C)(C)C. The Morgan fingerprint density at radius 3 is 2.32 bits per heavy atom. The van der Waals surface area contributed by atoms with Crippen LogP contribution in [0.3, 0.4) is 0 Å². The quantitative estimate of drug-likeness (QED) is 0.266. The van der Waals surface area contributed by atoms with Gasteiger partial charge in [-0.05, 0) is 49.0 Å². The lowest BCUT2D eigenvalue weighted by Crippen LogP contribution is -2.43. The van der Waals surface area contributed by atoms with Gasteiger partial charge in [0.1, 0.15) is 0 Å². The topological polar surface area (TPSA) is 52.6 Å². The Hall–Kier alpha value is -0.986. The molecule has 0 radical (unpaired) electrons. The van der Waals surface area contributed by atoms with Crippen LogP contribution in [0, 0.1) is 0 Å². The van der Waals surface area contributed by atoms with Crippen LogP contribution in [0.15, 0.2) is 22.9 Å². The molecule has 0 heterocycles. The molecule has 160 valence electrons. The number of Topliss-reactive ketones (excluding diaryl/α,β-unsaturated/α-hetero) is 1. The van der Waals surface area contributed by atoms with Gasteiger partial charge in [-0.2, -0.15) is 0 Å². The van der Waals surface area contributed by atoms with E-state index in [1.54, 1.807) is 0 Å². The molecule has 1 atom stereocenters. The molecule has 1 unspecified atom stereocenters. The van der Waals surface area contributed by atoms with Gasteiger partial charge in [0.25, 0.3) is 0 Å². The second kappa shape index (κ2) is 9.68. The predicted octanol–water partition coefficient (Wildman–Crippen LogP) is 5.81. The number of hydrogen-bond acceptors (Lipinski definition) is 4. The summed E-state index contributed by atoms with van der Waals surface area (Å²) in [6.45, 7) is 18.1. The van der Waals surface area contributed by atoms with Crippen molar-refractivity contribution in [1.82, 2.24) is 0 Å². The van der Waals surface area contributed by atoms with E-state index in [4.69, 9.17) is 9.16 Å². The molecule has 0 bridgehead atoms. The molecule has 0 amide bonds. The smallest absolute Gasteiger partial charge is 0.305 e. The first kappa shape index (κ1) is 25.1. The van der Waals surface area contributed by atoms with Gasteiger partial charge in [0.05, 0.1) is 21.3 Å². The van der Waals surface area contributed by atoms with Crippen LogP contribution in [-0.4, -0.2) is 41.4 Å². The van der Waals surface area contributed by atoms with Gasteiger partial charge >= 0.3 is 5.97 Å². The van der Waals surface area contributed by atoms with E-state index < -0.39 is 16.4 Å². The number of carbonyl (C=O) groups excluding carboxylic acids is 2. The summed E-state index contributed by atoms with van der Waals surface area (Å²) < 4.78 is 11.2. The Morgan fingerprint density at radius 1 is 1.21 bits per heavy atom. The minimum atomic E-state index is -1.89. The second-order valence-electron chi connectivity index (χ2n) is 10.4. The fourth-order valence-electron chi connectivity index (χ4n) is 2.95. The van der Waals surface area contributed by atoms with Crippen molar-refractivity contribution in [2.45, 2.75) is 96.8 Å². The van der Waals surface area contributed by atoms with Crippen molar-refractivity contribution in [3.05, 3.63) is 22.9 Å². The summed E-state index contributed by atoms with van der Waals surface area (Å²) in [5.41, 5.74) is 0.908. The number of hydrogen-bond donors (Lipinski definition) is 0. The maximum Gasteiger partial charge on any atom is 0.305 e. The van der Waals surface area contributed by atoms with Crippen LogP contribution in [0.4, 0.5) is 0 Å². The molecule has 0 spiro atoms. The molecule has 0 aliphatic heterocycles. The molecule has 0 saturated carbocycles. The van der Waals surface area contributed by atoms with E-state index in [0.717, 1.165) is 24.8 Å². The van der Waals surface area contributed by atoms with Crippen LogP contribution in [0.1, 0.15) is 52.9 Å². The van der Waals surface area contributed by atoms with Gasteiger partial charge in [0, 0.05) is 12.8 Å². The lowest BCUT2D eigenvalue weighted by Gasteiger charge is -2.37. The third-order valence-corrected chi connectivity index (χ3v) is 12.7. The summed E-state index contributed by atoms with van der Waals surface area (Å²) in [5.74, 6) is 0.0599. The van der Waals surface area contributed by atoms with Gasteiger partial charge in [-0.15, -0.1) is 0 Å². The monoisotopic (exact) mass is 424 g/mol. The Balaban J connectivity index is 2.85. The van der Waals surface area contributed by atoms with Gasteiger partial charge in [0.2, 0.25) is 0 Å². The van der Waals surface area contributed by atoms with Crippen LogP contribution < -0.4 is 0 Å². The zero-order valence-electron chi connectivity index (χ0n) is 19.4. The van der Waals surface area contributed by atoms with Crippen molar-refractivity contribution < 1.29 is 18.8 Å². The van der Waals surface area contributed by atoms with Gasteiger partial charge in [-0.3, -0.25) is 9.59 Å². The molecule has 0 aromatic heterocycles. The lowest BCUT2D eigenvalue weighted by atomic mass is 10.1. The molecule has 1 aliphatic carbocycles. The van der Waals surface area contributed by atoms with E-state index in [1.165, 1.54) is 12.3 Å². The molecule has 4 nitrogen and oxygen atoms in total. The Bertz CT molecular complexity index is 634. The van der Waals surface area contributed by atoms with Crippen LogP contribution in [0.25, 0.3) is 0 Å². The average Bonchev–Trinajstić information content (AvgIpc) is 2.86. The van der Waals surface area contributed by atoms with Crippen molar-refractivity contribution in [3.63, 3.8) is 0 Å². The zero-order valence-corrected chi connectivity index (χ0v) is 21.4. The van der Waals surface area contributed by atoms with Gasteiger partial charge in [0.15, 0.2) is 14.1 Å². The predicted molar refractivity (Wildman–Crippen MR) is 122 cm³/mol. The number of methoxy groups -OCH3 is 1. The third kappa shape index (κ3) is 7.45. The summed E-state index contributed by atoms with van der Waals surface area (Å²) in [6, 6.07) is 0. The Kier molecular flexibility index (Phi) is 8.66. The first-order valence-electron chi connectivity index (χ1n) is 10.4. The molecule has 0 aromatic rings. The molecule has 28 heavy (non-hydrogen) atoms. The first-order chi connectivity index (χ1) is 12.7. The fourth-order valence-corrected chi connectivity index (χ4v) is 5.69. The van der Waals surface area contributed by atoms with Crippen molar-refractivity contribution in [2.75, 3.05) is 7.11 Å². The first-order valence-corrected chi connectivity index (χ1v) is 16.8. The number of carbonyl (C=O) groups is 2. The fraction of sp³-hybridized carbons (Fsp3) is 0.727. The third-order valence-electron chi connectivity index (χ3n) is 5.93. The van der Waals surface area contributed by atoms with E-state index in [-0.39, 0.29) is 22.9 Å². The number of rotatable bonds is 9. The van der Waals surface area contributed by atoms with E-state index in [0.29, 0.717) is 12.8 Å². The van der Waals surface area contributed by atoms with Crippen molar-refractivity contribution in [3.8, 4) is 0 Å². The zero-order chi connectivity index (χ0) is 21.8. The molecule has 0 aromatic carbocycles. The lowest BCUT2D eigenvalue weighted by molar-refractivity contribution is -0.140. The number of allylic oxidation sites excluding steroid dienone is 3. The maximum absolute atomic E-state index is 12.6. The van der Waals surface area contributed by atoms with Crippen LogP contribution >= 0.6 is 0 Å². The van der Waals surface area contributed by atoms with Crippen molar-refractivity contribution in [1.29, 1.82) is 0 Å². The highest BCUT2D eigenvalue weighted by Gasteiger charge is 2.40. The van der Waals surface area contributed by atoms with Crippen molar-refractivity contribution in [2.24, 2.45) is 0 Å². The molecule has 0 N–H and O–H groups in total. The van der Waals surface area contributed by atoms with E-state index >= 15 is 0 Å². The summed E-state index contributed by atoms with van der Waals surface area (Å²) in [5, 5.41) is 1.51. The maximum atomic E-state index is 12.6. The molecular formula is C22H40O4Si2. The second-order valence-corrected chi connectivity index (χ2v) is 20.3. The van der Waals surface area contributed by atoms with E-state index in [1.807, 2.05) is 0 Å². The standard InChI is InChI=1S/C22H40O4Si2/c1-22(2,3)28(8,9)26-18-14-17(20(23)16-18)15-19(27(5,6)7)12-10-11-13-21(24)25-4/h12,14,18H,10-11,13,15-16H2,1-9H3.